The van der Waals surface area contributed by atoms with Crippen LogP contribution in [-0.2, 0) is 6.42 Å². The van der Waals surface area contributed by atoms with Crippen LogP contribution in [0.4, 0.5) is 0 Å². The van der Waals surface area contributed by atoms with Gasteiger partial charge in [-0.2, -0.15) is 11.3 Å². The average Bonchev–Trinajstić information content (AvgIpc) is 2.75. The minimum atomic E-state index is 0.0436. The molecule has 2 rings (SSSR count). The van der Waals surface area contributed by atoms with E-state index in [0.29, 0.717) is 0 Å². The second-order valence-electron chi connectivity index (χ2n) is 3.43. The topological polar surface area (TPSA) is 39.2 Å². The molecule has 2 N–H and O–H groups in total. The first-order chi connectivity index (χ1) is 6.75. The Labute approximate surface area is 87.4 Å². The lowest BCUT2D eigenvalue weighted by Crippen LogP contribution is -2.11. The quantitative estimate of drug-likeness (QED) is 0.840. The lowest BCUT2D eigenvalue weighted by atomic mass is 10.0. The van der Waals surface area contributed by atoms with Gasteiger partial charge in [0.2, 0.25) is 0 Å². The van der Waals surface area contributed by atoms with E-state index in [1.165, 1.54) is 5.56 Å². The van der Waals surface area contributed by atoms with E-state index in [0.717, 1.165) is 17.7 Å². The van der Waals surface area contributed by atoms with E-state index in [4.69, 9.17) is 10.2 Å². The Morgan fingerprint density at radius 1 is 1.57 bits per heavy atom. The smallest absolute Gasteiger partial charge is 0.101 e. The summed E-state index contributed by atoms with van der Waals surface area (Å²) in [5, 5.41) is 4.20. The predicted molar refractivity (Wildman–Crippen MR) is 58.4 cm³/mol. The molecule has 0 radical (unpaired) electrons. The van der Waals surface area contributed by atoms with Crippen LogP contribution in [-0.4, -0.2) is 0 Å². The van der Waals surface area contributed by atoms with Crippen LogP contribution >= 0.6 is 11.3 Å². The molecule has 0 aliphatic heterocycles. The molecule has 0 saturated carbocycles. The highest BCUT2D eigenvalue weighted by atomic mass is 32.1. The van der Waals surface area contributed by atoms with Crippen molar-refractivity contribution in [1.29, 1.82) is 0 Å². The van der Waals surface area contributed by atoms with Gasteiger partial charge in [0, 0.05) is 11.6 Å². The SMILES string of the molecule is Cc1cc(C(N)Cc2ccsc2)co1. The molecule has 0 aromatic carbocycles. The molecule has 74 valence electrons. The van der Waals surface area contributed by atoms with Crippen molar-refractivity contribution in [2.75, 3.05) is 0 Å². The monoisotopic (exact) mass is 207 g/mol. The summed E-state index contributed by atoms with van der Waals surface area (Å²) in [5.41, 5.74) is 8.41. The van der Waals surface area contributed by atoms with Crippen LogP contribution in [0.2, 0.25) is 0 Å². The summed E-state index contributed by atoms with van der Waals surface area (Å²) in [4.78, 5) is 0. The molecule has 2 heterocycles. The molecule has 3 heteroatoms. The van der Waals surface area contributed by atoms with E-state index < -0.39 is 0 Å². The van der Waals surface area contributed by atoms with Gasteiger partial charge in [-0.25, -0.2) is 0 Å². The van der Waals surface area contributed by atoms with Crippen molar-refractivity contribution in [3.05, 3.63) is 46.0 Å². The molecule has 0 aliphatic carbocycles. The summed E-state index contributed by atoms with van der Waals surface area (Å²) >= 11 is 1.70. The summed E-state index contributed by atoms with van der Waals surface area (Å²) in [5.74, 6) is 0.917. The minimum absolute atomic E-state index is 0.0436. The zero-order chi connectivity index (χ0) is 9.97. The standard InChI is InChI=1S/C11H13NOS/c1-8-4-10(6-13-8)11(12)5-9-2-3-14-7-9/h2-4,6-7,11H,5,12H2,1H3. The molecule has 0 amide bonds. The number of hydrogen-bond acceptors (Lipinski definition) is 3. The van der Waals surface area contributed by atoms with E-state index in [1.807, 2.05) is 13.0 Å². The molecule has 1 atom stereocenters. The van der Waals surface area contributed by atoms with Gasteiger partial charge in [-0.15, -0.1) is 0 Å². The van der Waals surface area contributed by atoms with E-state index in [2.05, 4.69) is 16.8 Å². The largest absolute Gasteiger partial charge is 0.469 e. The molecule has 2 aromatic rings. The Bertz CT molecular complexity index is 391. The van der Waals surface area contributed by atoms with E-state index >= 15 is 0 Å². The summed E-state index contributed by atoms with van der Waals surface area (Å²) in [7, 11) is 0. The van der Waals surface area contributed by atoms with Crippen LogP contribution in [0.5, 0.6) is 0 Å². The molecule has 0 aliphatic rings. The summed E-state index contributed by atoms with van der Waals surface area (Å²) in [6.45, 7) is 1.93. The summed E-state index contributed by atoms with van der Waals surface area (Å²) in [6.07, 6.45) is 2.62. The number of aryl methyl sites for hydroxylation is 1. The number of nitrogens with two attached hydrogens (primary N) is 1. The van der Waals surface area contributed by atoms with Gasteiger partial charge < -0.3 is 10.2 Å². The second-order valence-corrected chi connectivity index (χ2v) is 4.21. The number of thiophene rings is 1. The van der Waals surface area contributed by atoms with Crippen molar-refractivity contribution >= 4 is 11.3 Å². The van der Waals surface area contributed by atoms with Crippen molar-refractivity contribution in [3.63, 3.8) is 0 Å². The lowest BCUT2D eigenvalue weighted by molar-refractivity contribution is 0.528. The Morgan fingerprint density at radius 3 is 3.00 bits per heavy atom. The molecular formula is C11H13NOS. The third-order valence-electron chi connectivity index (χ3n) is 2.21. The van der Waals surface area contributed by atoms with Crippen LogP contribution < -0.4 is 5.73 Å². The zero-order valence-corrected chi connectivity index (χ0v) is 8.88. The first kappa shape index (κ1) is 9.49. The van der Waals surface area contributed by atoms with Gasteiger partial charge in [0.05, 0.1) is 6.26 Å². The molecule has 0 spiro atoms. The zero-order valence-electron chi connectivity index (χ0n) is 8.07. The van der Waals surface area contributed by atoms with Gasteiger partial charge >= 0.3 is 0 Å². The fraction of sp³-hybridized carbons (Fsp3) is 0.273. The third-order valence-corrected chi connectivity index (χ3v) is 2.95. The fourth-order valence-corrected chi connectivity index (χ4v) is 2.12. The molecular weight excluding hydrogens is 194 g/mol. The Morgan fingerprint density at radius 2 is 2.43 bits per heavy atom. The molecule has 1 unspecified atom stereocenters. The highest BCUT2D eigenvalue weighted by Crippen LogP contribution is 2.19. The van der Waals surface area contributed by atoms with Gasteiger partial charge in [0.15, 0.2) is 0 Å². The highest BCUT2D eigenvalue weighted by molar-refractivity contribution is 7.07. The van der Waals surface area contributed by atoms with Crippen LogP contribution in [0.1, 0.15) is 22.9 Å². The Balaban J connectivity index is 2.06. The van der Waals surface area contributed by atoms with E-state index in [9.17, 15) is 0 Å². The van der Waals surface area contributed by atoms with Gasteiger partial charge in [0.1, 0.15) is 5.76 Å². The summed E-state index contributed by atoms with van der Waals surface area (Å²) < 4.78 is 5.23. The van der Waals surface area contributed by atoms with Crippen LogP contribution in [0.3, 0.4) is 0 Å². The number of hydrogen-bond donors (Lipinski definition) is 1. The van der Waals surface area contributed by atoms with Crippen LogP contribution in [0.25, 0.3) is 0 Å². The molecule has 0 fully saturated rings. The molecule has 0 saturated heterocycles. The van der Waals surface area contributed by atoms with E-state index in [-0.39, 0.29) is 6.04 Å². The molecule has 2 aromatic heterocycles. The van der Waals surface area contributed by atoms with Crippen LogP contribution in [0.15, 0.2) is 33.6 Å². The van der Waals surface area contributed by atoms with E-state index in [1.54, 1.807) is 17.6 Å². The molecule has 14 heavy (non-hydrogen) atoms. The van der Waals surface area contributed by atoms with Crippen molar-refractivity contribution in [2.24, 2.45) is 5.73 Å². The van der Waals surface area contributed by atoms with Crippen LogP contribution in [0, 0.1) is 6.92 Å². The Hall–Kier alpha value is -1.06. The van der Waals surface area contributed by atoms with Crippen molar-refractivity contribution in [3.8, 4) is 0 Å². The normalized spacial score (nSPS) is 13.0. The van der Waals surface area contributed by atoms with Gasteiger partial charge in [-0.1, -0.05) is 0 Å². The van der Waals surface area contributed by atoms with Gasteiger partial charge in [-0.3, -0.25) is 0 Å². The molecule has 0 bridgehead atoms. The predicted octanol–water partition coefficient (Wildman–Crippen LogP) is 2.89. The molecule has 2 nitrogen and oxygen atoms in total. The third kappa shape index (κ3) is 2.05. The van der Waals surface area contributed by atoms with Crippen molar-refractivity contribution < 1.29 is 4.42 Å². The van der Waals surface area contributed by atoms with Gasteiger partial charge in [0.25, 0.3) is 0 Å². The van der Waals surface area contributed by atoms with Crippen molar-refractivity contribution in [1.82, 2.24) is 0 Å². The first-order valence-corrected chi connectivity index (χ1v) is 5.51. The maximum absolute atomic E-state index is 6.04. The first-order valence-electron chi connectivity index (χ1n) is 4.57. The summed E-state index contributed by atoms with van der Waals surface area (Å²) in [6, 6.07) is 4.15. The maximum Gasteiger partial charge on any atom is 0.101 e. The highest BCUT2D eigenvalue weighted by Gasteiger charge is 2.09. The maximum atomic E-state index is 6.04. The van der Waals surface area contributed by atoms with Crippen molar-refractivity contribution in [2.45, 2.75) is 19.4 Å². The minimum Gasteiger partial charge on any atom is -0.469 e. The fourth-order valence-electron chi connectivity index (χ4n) is 1.44. The lowest BCUT2D eigenvalue weighted by Gasteiger charge is -2.06. The second kappa shape index (κ2) is 3.98. The number of rotatable bonds is 3. The average molecular weight is 207 g/mol. The Kier molecular flexibility index (Phi) is 2.70. The van der Waals surface area contributed by atoms with Gasteiger partial charge in [-0.05, 0) is 41.8 Å². The number of furan rings is 1.